The molecule has 1 saturated heterocycles. The van der Waals surface area contributed by atoms with Crippen LogP contribution in [0.25, 0.3) is 0 Å². The number of hydrogen-bond donors (Lipinski definition) is 1. The van der Waals surface area contributed by atoms with E-state index in [1.54, 1.807) is 0 Å². The van der Waals surface area contributed by atoms with Crippen molar-refractivity contribution in [2.45, 2.75) is 46.6 Å². The second-order valence-electron chi connectivity index (χ2n) is 5.61. The minimum absolute atomic E-state index is 0.0403. The van der Waals surface area contributed by atoms with Crippen LogP contribution < -0.4 is 10.2 Å². The molecule has 0 radical (unpaired) electrons. The average Bonchev–Trinajstić information content (AvgIpc) is 2.76. The smallest absolute Gasteiger partial charge is 0.240 e. The van der Waals surface area contributed by atoms with Crippen molar-refractivity contribution < 1.29 is 9.59 Å². The molecule has 0 aromatic heterocycles. The molecule has 2 rings (SSSR count). The Morgan fingerprint density at radius 1 is 1.14 bits per heavy atom. The highest BCUT2D eigenvalue weighted by Gasteiger charge is 2.49. The zero-order valence-electron chi connectivity index (χ0n) is 13.1. The quantitative estimate of drug-likeness (QED) is 0.819. The lowest BCUT2D eigenvalue weighted by atomic mass is 9.81. The van der Waals surface area contributed by atoms with Gasteiger partial charge >= 0.3 is 0 Å². The Hall–Kier alpha value is -1.68. The van der Waals surface area contributed by atoms with Gasteiger partial charge in [-0.1, -0.05) is 39.0 Å². The number of carbonyl (C=O) groups is 2. The van der Waals surface area contributed by atoms with E-state index in [0.29, 0.717) is 25.8 Å². The molecular formula is C17H24N2O2. The van der Waals surface area contributed by atoms with Crippen LogP contribution in [0.1, 0.15) is 45.6 Å². The number of carbonyl (C=O) groups excluding carboxylic acids is 2. The molecule has 2 amide bonds. The van der Waals surface area contributed by atoms with Gasteiger partial charge in [-0.05, 0) is 31.0 Å². The molecule has 1 fully saturated rings. The van der Waals surface area contributed by atoms with Gasteiger partial charge in [-0.2, -0.15) is 0 Å². The highest BCUT2D eigenvalue weighted by molar-refractivity contribution is 6.22. The van der Waals surface area contributed by atoms with Crippen LogP contribution in [0.4, 0.5) is 5.69 Å². The summed E-state index contributed by atoms with van der Waals surface area (Å²) in [6, 6.07) is 7.65. The molecule has 1 aromatic rings. The summed E-state index contributed by atoms with van der Waals surface area (Å²) in [7, 11) is 0. The molecule has 21 heavy (non-hydrogen) atoms. The van der Waals surface area contributed by atoms with E-state index < -0.39 is 5.41 Å². The number of amides is 2. The molecule has 1 aromatic carbocycles. The zero-order valence-corrected chi connectivity index (χ0v) is 13.1. The van der Waals surface area contributed by atoms with Crippen molar-refractivity contribution in [2.75, 3.05) is 11.4 Å². The van der Waals surface area contributed by atoms with Crippen molar-refractivity contribution in [3.8, 4) is 0 Å². The predicted molar refractivity (Wildman–Crippen MR) is 83.9 cm³/mol. The summed E-state index contributed by atoms with van der Waals surface area (Å²) >= 11 is 0. The molecule has 0 aliphatic carbocycles. The molecule has 4 heteroatoms. The minimum Gasteiger partial charge on any atom is -0.313 e. The Kier molecular flexibility index (Phi) is 4.78. The highest BCUT2D eigenvalue weighted by atomic mass is 16.2. The summed E-state index contributed by atoms with van der Waals surface area (Å²) in [5.74, 6) is -0.117. The van der Waals surface area contributed by atoms with Gasteiger partial charge in [0.1, 0.15) is 0 Å². The maximum absolute atomic E-state index is 12.8. The van der Waals surface area contributed by atoms with Crippen LogP contribution in [0.3, 0.4) is 0 Å². The minimum atomic E-state index is -0.512. The molecule has 0 unspecified atom stereocenters. The topological polar surface area (TPSA) is 49.4 Å². The second-order valence-corrected chi connectivity index (χ2v) is 5.61. The first-order valence-electron chi connectivity index (χ1n) is 7.75. The molecular weight excluding hydrogens is 264 g/mol. The molecule has 1 heterocycles. The Morgan fingerprint density at radius 2 is 1.81 bits per heavy atom. The molecule has 4 nitrogen and oxygen atoms in total. The van der Waals surface area contributed by atoms with Gasteiger partial charge in [0.2, 0.25) is 11.8 Å². The van der Waals surface area contributed by atoms with E-state index in [2.05, 4.69) is 5.32 Å². The fourth-order valence-electron chi connectivity index (χ4n) is 2.98. The summed E-state index contributed by atoms with van der Waals surface area (Å²) in [5.41, 5.74) is 1.21. The van der Waals surface area contributed by atoms with Crippen LogP contribution in [0, 0.1) is 5.41 Å². The number of nitrogens with one attached hydrogen (secondary N) is 1. The van der Waals surface area contributed by atoms with E-state index in [1.807, 2.05) is 45.0 Å². The van der Waals surface area contributed by atoms with Crippen LogP contribution in [0.5, 0.6) is 0 Å². The molecule has 1 aliphatic rings. The number of para-hydroxylation sites is 1. The third-order valence-electron chi connectivity index (χ3n) is 4.55. The highest BCUT2D eigenvalue weighted by Crippen LogP contribution is 2.41. The third-order valence-corrected chi connectivity index (χ3v) is 4.55. The first kappa shape index (κ1) is 15.7. The van der Waals surface area contributed by atoms with Gasteiger partial charge in [0.25, 0.3) is 0 Å². The molecule has 0 atom stereocenters. The van der Waals surface area contributed by atoms with Crippen molar-refractivity contribution in [1.29, 1.82) is 0 Å². The molecule has 0 bridgehead atoms. The van der Waals surface area contributed by atoms with Crippen molar-refractivity contribution in [3.63, 3.8) is 0 Å². The SMILES string of the molecule is CCNCc1ccccc1N1C(=O)CC(CC)(CC)C1=O. The maximum Gasteiger partial charge on any atom is 0.240 e. The Balaban J connectivity index is 2.38. The van der Waals surface area contributed by atoms with Gasteiger partial charge in [-0.15, -0.1) is 0 Å². The number of nitrogens with zero attached hydrogens (tertiary/aromatic N) is 1. The van der Waals surface area contributed by atoms with E-state index >= 15 is 0 Å². The first-order chi connectivity index (χ1) is 10.1. The standard InChI is InChI=1S/C17H24N2O2/c1-4-17(5-2)11-15(20)19(16(17)21)14-10-8-7-9-13(14)12-18-6-3/h7-10,18H,4-6,11-12H2,1-3H3. The largest absolute Gasteiger partial charge is 0.313 e. The summed E-state index contributed by atoms with van der Waals surface area (Å²) < 4.78 is 0. The third kappa shape index (κ3) is 2.72. The van der Waals surface area contributed by atoms with Gasteiger partial charge in [0.15, 0.2) is 0 Å². The van der Waals surface area contributed by atoms with E-state index in [0.717, 1.165) is 17.8 Å². The fraction of sp³-hybridized carbons (Fsp3) is 0.529. The maximum atomic E-state index is 12.8. The number of imide groups is 1. The summed E-state index contributed by atoms with van der Waals surface area (Å²) in [5, 5.41) is 3.26. The Bertz CT molecular complexity index is 535. The number of anilines is 1. The Labute approximate surface area is 126 Å². The van der Waals surface area contributed by atoms with Gasteiger partial charge in [-0.3, -0.25) is 9.59 Å². The summed E-state index contributed by atoms with van der Waals surface area (Å²) in [6.07, 6.45) is 1.74. The Morgan fingerprint density at radius 3 is 2.38 bits per heavy atom. The van der Waals surface area contributed by atoms with Gasteiger partial charge in [-0.25, -0.2) is 4.90 Å². The normalized spacial score (nSPS) is 17.6. The fourth-order valence-corrected chi connectivity index (χ4v) is 2.98. The molecule has 1 aliphatic heterocycles. The van der Waals surface area contributed by atoms with Crippen LogP contribution in [0.15, 0.2) is 24.3 Å². The van der Waals surface area contributed by atoms with Crippen LogP contribution in [-0.2, 0) is 16.1 Å². The molecule has 0 saturated carbocycles. The van der Waals surface area contributed by atoms with Crippen molar-refractivity contribution in [2.24, 2.45) is 5.41 Å². The summed E-state index contributed by atoms with van der Waals surface area (Å²) in [4.78, 5) is 26.6. The number of hydrogen-bond acceptors (Lipinski definition) is 3. The van der Waals surface area contributed by atoms with Crippen LogP contribution in [-0.4, -0.2) is 18.4 Å². The first-order valence-corrected chi connectivity index (χ1v) is 7.75. The van der Waals surface area contributed by atoms with Gasteiger partial charge < -0.3 is 5.32 Å². The monoisotopic (exact) mass is 288 g/mol. The van der Waals surface area contributed by atoms with Crippen LogP contribution in [0.2, 0.25) is 0 Å². The van der Waals surface area contributed by atoms with E-state index in [9.17, 15) is 9.59 Å². The number of rotatable bonds is 6. The van der Waals surface area contributed by atoms with Crippen molar-refractivity contribution in [1.82, 2.24) is 5.32 Å². The summed E-state index contributed by atoms with van der Waals surface area (Å²) in [6.45, 7) is 7.53. The second kappa shape index (κ2) is 6.39. The van der Waals surface area contributed by atoms with Crippen LogP contribution >= 0.6 is 0 Å². The van der Waals surface area contributed by atoms with E-state index in [1.165, 1.54) is 4.90 Å². The predicted octanol–water partition coefficient (Wildman–Crippen LogP) is 2.87. The van der Waals surface area contributed by atoms with E-state index in [-0.39, 0.29) is 11.8 Å². The lowest BCUT2D eigenvalue weighted by Gasteiger charge is -2.24. The van der Waals surface area contributed by atoms with Gasteiger partial charge in [0.05, 0.1) is 11.1 Å². The zero-order chi connectivity index (χ0) is 15.5. The average molecular weight is 288 g/mol. The van der Waals surface area contributed by atoms with Crippen molar-refractivity contribution >= 4 is 17.5 Å². The molecule has 0 spiro atoms. The van der Waals surface area contributed by atoms with Crippen molar-refractivity contribution in [3.05, 3.63) is 29.8 Å². The lowest BCUT2D eigenvalue weighted by Crippen LogP contribution is -2.36. The van der Waals surface area contributed by atoms with E-state index in [4.69, 9.17) is 0 Å². The molecule has 114 valence electrons. The lowest BCUT2D eigenvalue weighted by molar-refractivity contribution is -0.126. The molecule has 1 N–H and O–H groups in total. The number of benzene rings is 1. The van der Waals surface area contributed by atoms with Gasteiger partial charge in [0, 0.05) is 13.0 Å².